The molecule has 2 rings (SSSR count). The van der Waals surface area contributed by atoms with Crippen molar-refractivity contribution in [3.8, 4) is 11.5 Å². The molecule has 0 saturated carbocycles. The van der Waals surface area contributed by atoms with Crippen molar-refractivity contribution in [2.24, 2.45) is 5.73 Å². The summed E-state index contributed by atoms with van der Waals surface area (Å²) in [5.41, 5.74) is 8.45. The van der Waals surface area contributed by atoms with Crippen LogP contribution in [0.5, 0.6) is 11.5 Å². The second-order valence-electron chi connectivity index (χ2n) is 6.71. The lowest BCUT2D eigenvalue weighted by Gasteiger charge is -2.19. The van der Waals surface area contributed by atoms with E-state index < -0.39 is 0 Å². The topological polar surface area (TPSA) is 35.2 Å². The van der Waals surface area contributed by atoms with Gasteiger partial charge in [-0.05, 0) is 54.2 Å². The Balaban J connectivity index is 2.18. The lowest BCUT2D eigenvalue weighted by Crippen LogP contribution is -2.17. The van der Waals surface area contributed by atoms with E-state index in [0.717, 1.165) is 17.9 Å². The molecule has 0 bridgehead atoms. The van der Waals surface area contributed by atoms with E-state index in [1.54, 1.807) is 0 Å². The van der Waals surface area contributed by atoms with Gasteiger partial charge >= 0.3 is 0 Å². The summed E-state index contributed by atoms with van der Waals surface area (Å²) in [4.78, 5) is 0. The smallest absolute Gasteiger partial charge is 0.127 e. The van der Waals surface area contributed by atoms with E-state index in [1.807, 2.05) is 31.2 Å². The minimum absolute atomic E-state index is 0.121. The summed E-state index contributed by atoms with van der Waals surface area (Å²) in [6.45, 7) is 8.63. The lowest BCUT2D eigenvalue weighted by molar-refractivity contribution is 0.477. The van der Waals surface area contributed by atoms with Crippen molar-refractivity contribution in [1.29, 1.82) is 0 Å². The normalized spacial score (nSPS) is 13.0. The third-order valence-corrected chi connectivity index (χ3v) is 3.39. The molecule has 0 fully saturated rings. The van der Waals surface area contributed by atoms with E-state index in [1.165, 1.54) is 11.1 Å². The van der Waals surface area contributed by atoms with Crippen LogP contribution < -0.4 is 10.5 Å². The highest BCUT2D eigenvalue weighted by molar-refractivity contribution is 5.37. The molecule has 1 atom stereocenters. The molecule has 0 aliphatic rings. The molecule has 0 aromatic heterocycles. The molecule has 0 radical (unpaired) electrons. The van der Waals surface area contributed by atoms with Crippen LogP contribution in [0.4, 0.5) is 0 Å². The van der Waals surface area contributed by atoms with Crippen molar-refractivity contribution < 1.29 is 4.74 Å². The molecule has 0 saturated heterocycles. The number of benzene rings is 2. The van der Waals surface area contributed by atoms with Crippen LogP contribution in [-0.4, -0.2) is 6.04 Å². The van der Waals surface area contributed by atoms with E-state index in [-0.39, 0.29) is 11.5 Å². The van der Waals surface area contributed by atoms with E-state index in [0.29, 0.717) is 0 Å². The molecule has 1 unspecified atom stereocenters. The highest BCUT2D eigenvalue weighted by atomic mass is 16.5. The average molecular weight is 283 g/mol. The van der Waals surface area contributed by atoms with Crippen LogP contribution in [0, 0.1) is 0 Å². The molecule has 0 spiro atoms. The van der Waals surface area contributed by atoms with Gasteiger partial charge in [-0.25, -0.2) is 0 Å². The minimum atomic E-state index is 0.121. The van der Waals surface area contributed by atoms with Crippen molar-refractivity contribution in [2.75, 3.05) is 0 Å². The predicted octanol–water partition coefficient (Wildman–Crippen LogP) is 4.67. The van der Waals surface area contributed by atoms with Crippen LogP contribution in [0.25, 0.3) is 0 Å². The molecule has 2 aromatic carbocycles. The molecule has 0 aliphatic carbocycles. The second kappa shape index (κ2) is 6.31. The largest absolute Gasteiger partial charge is 0.457 e. The Morgan fingerprint density at radius 1 is 1.00 bits per heavy atom. The Hall–Kier alpha value is -1.80. The van der Waals surface area contributed by atoms with Crippen molar-refractivity contribution in [3.05, 3.63) is 59.7 Å². The summed E-state index contributed by atoms with van der Waals surface area (Å²) in [5, 5.41) is 0. The van der Waals surface area contributed by atoms with Gasteiger partial charge in [0.1, 0.15) is 11.5 Å². The highest BCUT2D eigenvalue weighted by Crippen LogP contribution is 2.28. The van der Waals surface area contributed by atoms with Crippen LogP contribution in [0.2, 0.25) is 0 Å². The third-order valence-electron chi connectivity index (χ3n) is 3.39. The number of ether oxygens (including phenoxy) is 1. The molecule has 0 aliphatic heterocycles. The first-order valence-electron chi connectivity index (χ1n) is 7.47. The second-order valence-corrected chi connectivity index (χ2v) is 6.71. The molecular weight excluding hydrogens is 258 g/mol. The molecule has 2 N–H and O–H groups in total. The van der Waals surface area contributed by atoms with Crippen molar-refractivity contribution >= 4 is 0 Å². The molecule has 21 heavy (non-hydrogen) atoms. The van der Waals surface area contributed by atoms with E-state index in [2.05, 4.69) is 45.0 Å². The summed E-state index contributed by atoms with van der Waals surface area (Å²) in [7, 11) is 0. The van der Waals surface area contributed by atoms with Gasteiger partial charge in [0.15, 0.2) is 0 Å². The van der Waals surface area contributed by atoms with Crippen LogP contribution in [-0.2, 0) is 11.8 Å². The van der Waals surface area contributed by atoms with Gasteiger partial charge in [0, 0.05) is 6.04 Å². The molecule has 2 heteroatoms. The van der Waals surface area contributed by atoms with Gasteiger partial charge in [-0.15, -0.1) is 0 Å². The molecule has 112 valence electrons. The Morgan fingerprint density at radius 2 is 1.62 bits per heavy atom. The molecule has 2 nitrogen and oxygen atoms in total. The van der Waals surface area contributed by atoms with Gasteiger partial charge in [0.05, 0.1) is 0 Å². The van der Waals surface area contributed by atoms with Gasteiger partial charge in [0.25, 0.3) is 0 Å². The zero-order valence-electron chi connectivity index (χ0n) is 13.4. The van der Waals surface area contributed by atoms with E-state index >= 15 is 0 Å². The monoisotopic (exact) mass is 283 g/mol. The van der Waals surface area contributed by atoms with Gasteiger partial charge in [-0.2, -0.15) is 0 Å². The zero-order chi connectivity index (χ0) is 15.5. The fourth-order valence-corrected chi connectivity index (χ4v) is 2.27. The lowest BCUT2D eigenvalue weighted by atomic mass is 9.87. The first kappa shape index (κ1) is 15.6. The van der Waals surface area contributed by atoms with Crippen LogP contribution in [0.1, 0.15) is 38.8 Å². The number of hydrogen-bond acceptors (Lipinski definition) is 2. The Bertz CT molecular complexity index is 597. The summed E-state index contributed by atoms with van der Waals surface area (Å²) in [6.07, 6.45) is 0.860. The summed E-state index contributed by atoms with van der Waals surface area (Å²) in [6, 6.07) is 16.6. The van der Waals surface area contributed by atoms with E-state index in [4.69, 9.17) is 10.5 Å². The minimum Gasteiger partial charge on any atom is -0.457 e. The molecular formula is C19H25NO. The van der Waals surface area contributed by atoms with Crippen molar-refractivity contribution in [3.63, 3.8) is 0 Å². The maximum atomic E-state index is 6.00. The molecule has 0 heterocycles. The first-order valence-corrected chi connectivity index (χ1v) is 7.47. The molecule has 0 amide bonds. The highest BCUT2D eigenvalue weighted by Gasteiger charge is 2.14. The summed E-state index contributed by atoms with van der Waals surface area (Å²) in [5.74, 6) is 1.74. The van der Waals surface area contributed by atoms with Crippen LogP contribution in [0.15, 0.2) is 48.5 Å². The standard InChI is InChI=1S/C19H25NO/c1-14(20)11-15-7-5-9-17(12-15)21-18-10-6-8-16(13-18)19(2,3)4/h5-10,12-14H,11,20H2,1-4H3. The Labute approximate surface area is 127 Å². The van der Waals surface area contributed by atoms with Gasteiger partial charge in [0.2, 0.25) is 0 Å². The van der Waals surface area contributed by atoms with Crippen molar-refractivity contribution in [2.45, 2.75) is 45.6 Å². The number of hydrogen-bond donors (Lipinski definition) is 1. The Kier molecular flexibility index (Phi) is 4.69. The summed E-state index contributed by atoms with van der Waals surface area (Å²) >= 11 is 0. The first-order chi connectivity index (χ1) is 9.84. The fraction of sp³-hybridized carbons (Fsp3) is 0.368. The van der Waals surface area contributed by atoms with Crippen LogP contribution >= 0.6 is 0 Å². The number of nitrogens with two attached hydrogens (primary N) is 1. The maximum absolute atomic E-state index is 6.00. The zero-order valence-corrected chi connectivity index (χ0v) is 13.4. The number of rotatable bonds is 4. The van der Waals surface area contributed by atoms with Crippen LogP contribution in [0.3, 0.4) is 0 Å². The van der Waals surface area contributed by atoms with Crippen molar-refractivity contribution in [1.82, 2.24) is 0 Å². The van der Waals surface area contributed by atoms with Gasteiger partial charge < -0.3 is 10.5 Å². The summed E-state index contributed by atoms with van der Waals surface area (Å²) < 4.78 is 6.00. The molecule has 2 aromatic rings. The quantitative estimate of drug-likeness (QED) is 0.885. The Morgan fingerprint density at radius 3 is 2.24 bits per heavy atom. The SMILES string of the molecule is CC(N)Cc1cccc(Oc2cccc(C(C)(C)C)c2)c1. The van der Waals surface area contributed by atoms with Gasteiger partial charge in [-0.1, -0.05) is 45.0 Å². The fourth-order valence-electron chi connectivity index (χ4n) is 2.27. The maximum Gasteiger partial charge on any atom is 0.127 e. The van der Waals surface area contributed by atoms with E-state index in [9.17, 15) is 0 Å². The third kappa shape index (κ3) is 4.61. The average Bonchev–Trinajstić information content (AvgIpc) is 2.37. The predicted molar refractivity (Wildman–Crippen MR) is 89.0 cm³/mol. The van der Waals surface area contributed by atoms with Gasteiger partial charge in [-0.3, -0.25) is 0 Å².